The molecular formula is C14H16O3. The third-order valence-electron chi connectivity index (χ3n) is 2.08. The van der Waals surface area contributed by atoms with E-state index in [1.54, 1.807) is 18.2 Å². The smallest absolute Gasteiger partial charge is 0.338 e. The van der Waals surface area contributed by atoms with E-state index in [1.807, 2.05) is 13.8 Å². The van der Waals surface area contributed by atoms with Crippen LogP contribution in [0.3, 0.4) is 0 Å². The van der Waals surface area contributed by atoms with Crippen molar-refractivity contribution in [3.63, 3.8) is 0 Å². The van der Waals surface area contributed by atoms with Crippen molar-refractivity contribution < 1.29 is 14.3 Å². The molecule has 0 aromatic heterocycles. The zero-order valence-corrected chi connectivity index (χ0v) is 10.3. The SMILES string of the molecule is C#Cc1cc(OCC(C)C)cc(C(=O)OC)c1. The fraction of sp³-hybridized carbons (Fsp3) is 0.357. The molecule has 0 saturated carbocycles. The number of ether oxygens (including phenoxy) is 2. The molecule has 0 bridgehead atoms. The number of methoxy groups -OCH3 is 1. The number of rotatable bonds is 4. The molecule has 0 radical (unpaired) electrons. The number of terminal acetylenes is 1. The minimum Gasteiger partial charge on any atom is -0.493 e. The van der Waals surface area contributed by atoms with E-state index in [0.29, 0.717) is 29.4 Å². The van der Waals surface area contributed by atoms with Gasteiger partial charge in [0.2, 0.25) is 0 Å². The minimum atomic E-state index is -0.420. The molecule has 3 heteroatoms. The van der Waals surface area contributed by atoms with Crippen molar-refractivity contribution >= 4 is 5.97 Å². The van der Waals surface area contributed by atoms with E-state index in [2.05, 4.69) is 10.7 Å². The van der Waals surface area contributed by atoms with Crippen LogP contribution in [0.15, 0.2) is 18.2 Å². The first-order chi connectivity index (χ1) is 8.06. The maximum Gasteiger partial charge on any atom is 0.338 e. The molecule has 3 nitrogen and oxygen atoms in total. The Labute approximate surface area is 102 Å². The summed E-state index contributed by atoms with van der Waals surface area (Å²) in [6.07, 6.45) is 5.33. The molecule has 1 aromatic carbocycles. The summed E-state index contributed by atoms with van der Waals surface area (Å²) >= 11 is 0. The maximum absolute atomic E-state index is 11.4. The molecule has 0 heterocycles. The van der Waals surface area contributed by atoms with Gasteiger partial charge >= 0.3 is 5.97 Å². The van der Waals surface area contributed by atoms with Crippen molar-refractivity contribution in [1.29, 1.82) is 0 Å². The molecule has 0 aliphatic rings. The number of hydrogen-bond acceptors (Lipinski definition) is 3. The number of benzene rings is 1. The van der Waals surface area contributed by atoms with E-state index in [0.717, 1.165) is 0 Å². The molecule has 1 aromatic rings. The van der Waals surface area contributed by atoms with Crippen molar-refractivity contribution in [1.82, 2.24) is 0 Å². The first-order valence-electron chi connectivity index (χ1n) is 5.39. The quantitative estimate of drug-likeness (QED) is 0.591. The summed E-state index contributed by atoms with van der Waals surface area (Å²) in [5.74, 6) is 3.07. The molecule has 0 aliphatic heterocycles. The first-order valence-corrected chi connectivity index (χ1v) is 5.39. The summed E-state index contributed by atoms with van der Waals surface area (Å²) in [6.45, 7) is 4.67. The van der Waals surface area contributed by atoms with Crippen LogP contribution < -0.4 is 4.74 Å². The van der Waals surface area contributed by atoms with Gasteiger partial charge in [0.15, 0.2) is 0 Å². The fourth-order valence-corrected chi connectivity index (χ4v) is 1.26. The van der Waals surface area contributed by atoms with Gasteiger partial charge in [-0.2, -0.15) is 0 Å². The van der Waals surface area contributed by atoms with E-state index in [1.165, 1.54) is 7.11 Å². The third-order valence-corrected chi connectivity index (χ3v) is 2.08. The number of hydrogen-bond donors (Lipinski definition) is 0. The molecule has 0 aliphatic carbocycles. The van der Waals surface area contributed by atoms with E-state index in [-0.39, 0.29) is 0 Å². The second-order valence-corrected chi connectivity index (χ2v) is 4.09. The summed E-state index contributed by atoms with van der Waals surface area (Å²) in [6, 6.07) is 4.97. The largest absolute Gasteiger partial charge is 0.493 e. The lowest BCUT2D eigenvalue weighted by Crippen LogP contribution is -2.07. The van der Waals surface area contributed by atoms with Crippen LogP contribution >= 0.6 is 0 Å². The molecule has 0 amide bonds. The molecule has 0 N–H and O–H groups in total. The van der Waals surface area contributed by atoms with Crippen LogP contribution in [0.1, 0.15) is 29.8 Å². The Kier molecular flexibility index (Phi) is 4.59. The van der Waals surface area contributed by atoms with Gasteiger partial charge in [0.1, 0.15) is 5.75 Å². The average molecular weight is 232 g/mol. The highest BCUT2D eigenvalue weighted by atomic mass is 16.5. The Morgan fingerprint density at radius 1 is 1.41 bits per heavy atom. The lowest BCUT2D eigenvalue weighted by molar-refractivity contribution is 0.0600. The van der Waals surface area contributed by atoms with Crippen LogP contribution in [-0.2, 0) is 4.74 Å². The Morgan fingerprint density at radius 2 is 2.12 bits per heavy atom. The molecule has 0 atom stereocenters. The van der Waals surface area contributed by atoms with Gasteiger partial charge < -0.3 is 9.47 Å². The van der Waals surface area contributed by atoms with Crippen molar-refractivity contribution in [2.24, 2.45) is 5.92 Å². The van der Waals surface area contributed by atoms with Gasteiger partial charge in [-0.3, -0.25) is 0 Å². The van der Waals surface area contributed by atoms with Crippen LogP contribution in [0, 0.1) is 18.3 Å². The van der Waals surface area contributed by atoms with Crippen molar-refractivity contribution in [2.45, 2.75) is 13.8 Å². The van der Waals surface area contributed by atoms with Crippen molar-refractivity contribution in [3.8, 4) is 18.1 Å². The monoisotopic (exact) mass is 232 g/mol. The highest BCUT2D eigenvalue weighted by Crippen LogP contribution is 2.18. The van der Waals surface area contributed by atoms with E-state index >= 15 is 0 Å². The zero-order valence-electron chi connectivity index (χ0n) is 10.3. The van der Waals surface area contributed by atoms with Gasteiger partial charge in [0.05, 0.1) is 19.3 Å². The fourth-order valence-electron chi connectivity index (χ4n) is 1.26. The second kappa shape index (κ2) is 5.95. The molecule has 0 spiro atoms. The van der Waals surface area contributed by atoms with Gasteiger partial charge in [-0.05, 0) is 24.1 Å². The topological polar surface area (TPSA) is 35.5 Å². The highest BCUT2D eigenvalue weighted by Gasteiger charge is 2.09. The molecule has 0 saturated heterocycles. The molecule has 0 unspecified atom stereocenters. The van der Waals surface area contributed by atoms with E-state index in [9.17, 15) is 4.79 Å². The predicted octanol–water partition coefficient (Wildman–Crippen LogP) is 2.49. The highest BCUT2D eigenvalue weighted by molar-refractivity contribution is 5.90. The summed E-state index contributed by atoms with van der Waals surface area (Å²) in [5.41, 5.74) is 1.01. The van der Waals surface area contributed by atoms with Crippen molar-refractivity contribution in [2.75, 3.05) is 13.7 Å². The predicted molar refractivity (Wildman–Crippen MR) is 66.0 cm³/mol. The molecule has 90 valence electrons. The number of esters is 1. The third kappa shape index (κ3) is 3.84. The number of carbonyl (C=O) groups excluding carboxylic acids is 1. The summed E-state index contributed by atoms with van der Waals surface area (Å²) in [7, 11) is 1.33. The van der Waals surface area contributed by atoms with Crippen LogP contribution in [-0.4, -0.2) is 19.7 Å². The standard InChI is InChI=1S/C14H16O3/c1-5-11-6-12(14(15)16-4)8-13(7-11)17-9-10(2)3/h1,6-8,10H,9H2,2-4H3. The van der Waals surface area contributed by atoms with Crippen LogP contribution in [0.4, 0.5) is 0 Å². The van der Waals surface area contributed by atoms with E-state index < -0.39 is 5.97 Å². The Morgan fingerprint density at radius 3 is 2.65 bits per heavy atom. The lowest BCUT2D eigenvalue weighted by atomic mass is 10.1. The summed E-state index contributed by atoms with van der Waals surface area (Å²) in [4.78, 5) is 11.4. The molecule has 0 fully saturated rings. The van der Waals surface area contributed by atoms with E-state index in [4.69, 9.17) is 11.2 Å². The second-order valence-electron chi connectivity index (χ2n) is 4.09. The van der Waals surface area contributed by atoms with Gasteiger partial charge in [-0.15, -0.1) is 6.42 Å². The molecule has 17 heavy (non-hydrogen) atoms. The zero-order chi connectivity index (χ0) is 12.8. The Balaban J connectivity index is 2.98. The number of carbonyl (C=O) groups is 1. The van der Waals surface area contributed by atoms with Crippen molar-refractivity contribution in [3.05, 3.63) is 29.3 Å². The Bertz CT molecular complexity index is 441. The normalized spacial score (nSPS) is 9.82. The first kappa shape index (κ1) is 13.1. The average Bonchev–Trinajstić information content (AvgIpc) is 2.34. The molecular weight excluding hydrogens is 216 g/mol. The lowest BCUT2D eigenvalue weighted by Gasteiger charge is -2.10. The van der Waals surface area contributed by atoms with Crippen LogP contribution in [0.5, 0.6) is 5.75 Å². The summed E-state index contributed by atoms with van der Waals surface area (Å²) in [5, 5.41) is 0. The minimum absolute atomic E-state index is 0.404. The van der Waals surface area contributed by atoms with Gasteiger partial charge in [0, 0.05) is 5.56 Å². The summed E-state index contributed by atoms with van der Waals surface area (Å²) < 4.78 is 10.2. The molecule has 1 rings (SSSR count). The maximum atomic E-state index is 11.4. The van der Waals surface area contributed by atoms with Gasteiger partial charge in [0.25, 0.3) is 0 Å². The Hall–Kier alpha value is -1.95. The van der Waals surface area contributed by atoms with Gasteiger partial charge in [-0.25, -0.2) is 4.79 Å². The van der Waals surface area contributed by atoms with Crippen LogP contribution in [0.2, 0.25) is 0 Å². The van der Waals surface area contributed by atoms with Gasteiger partial charge in [-0.1, -0.05) is 19.8 Å². The van der Waals surface area contributed by atoms with Crippen LogP contribution in [0.25, 0.3) is 0 Å².